The van der Waals surface area contributed by atoms with Crippen LogP contribution in [0.25, 0.3) is 0 Å². The van der Waals surface area contributed by atoms with Gasteiger partial charge in [-0.15, -0.1) is 0 Å². The second kappa shape index (κ2) is 42.6. The molecule has 6 nitrogen and oxygen atoms in total. The molecule has 0 spiro atoms. The standard InChI is InChI=1S/C47H86O6/c1-4-7-10-13-16-19-22-23-24-25-26-29-31-34-37-40-46(49)52-43-44(53-47(50)41-38-35-32-28-21-18-15-12-9-6-3)42-51-45(48)39-36-33-30-27-20-17-14-11-8-5-2/h14-15,17-18,44H,4-13,16,19-43H2,1-3H3/b17-14-,18-15-. The monoisotopic (exact) mass is 747 g/mol. The van der Waals surface area contributed by atoms with E-state index in [1.165, 1.54) is 103 Å². The maximum Gasteiger partial charge on any atom is 0.306 e. The summed E-state index contributed by atoms with van der Waals surface area (Å²) in [6.07, 6.45) is 45.9. The molecule has 1 atom stereocenters. The van der Waals surface area contributed by atoms with Crippen molar-refractivity contribution in [3.05, 3.63) is 24.3 Å². The van der Waals surface area contributed by atoms with E-state index in [4.69, 9.17) is 14.2 Å². The van der Waals surface area contributed by atoms with Crippen LogP contribution < -0.4 is 0 Å². The molecule has 0 aromatic heterocycles. The van der Waals surface area contributed by atoms with Gasteiger partial charge in [-0.1, -0.05) is 186 Å². The van der Waals surface area contributed by atoms with Crippen LogP contribution >= 0.6 is 0 Å². The van der Waals surface area contributed by atoms with Crippen LogP contribution in [0.2, 0.25) is 0 Å². The van der Waals surface area contributed by atoms with E-state index in [0.717, 1.165) is 96.3 Å². The summed E-state index contributed by atoms with van der Waals surface area (Å²) >= 11 is 0. The van der Waals surface area contributed by atoms with Gasteiger partial charge in [-0.05, 0) is 57.8 Å². The molecule has 0 aliphatic carbocycles. The van der Waals surface area contributed by atoms with Gasteiger partial charge in [0.1, 0.15) is 13.2 Å². The zero-order valence-corrected chi connectivity index (χ0v) is 35.3. The van der Waals surface area contributed by atoms with E-state index >= 15 is 0 Å². The molecule has 0 aliphatic rings. The van der Waals surface area contributed by atoms with Crippen LogP contribution in [0, 0.1) is 0 Å². The fourth-order valence-electron chi connectivity index (χ4n) is 6.40. The predicted molar refractivity (Wildman–Crippen MR) is 224 cm³/mol. The molecule has 0 aromatic carbocycles. The number of ether oxygens (including phenoxy) is 3. The molecule has 0 aliphatic heterocycles. The summed E-state index contributed by atoms with van der Waals surface area (Å²) in [6.45, 7) is 6.53. The summed E-state index contributed by atoms with van der Waals surface area (Å²) < 4.78 is 16.7. The van der Waals surface area contributed by atoms with Crippen LogP contribution in [0.5, 0.6) is 0 Å². The third-order valence-electron chi connectivity index (χ3n) is 9.93. The zero-order valence-electron chi connectivity index (χ0n) is 35.3. The normalized spacial score (nSPS) is 12.1. The highest BCUT2D eigenvalue weighted by atomic mass is 16.6. The van der Waals surface area contributed by atoms with Crippen molar-refractivity contribution in [1.29, 1.82) is 0 Å². The fraction of sp³-hybridized carbons (Fsp3) is 0.851. The first-order valence-corrected chi connectivity index (χ1v) is 22.8. The lowest BCUT2D eigenvalue weighted by Crippen LogP contribution is -2.30. The van der Waals surface area contributed by atoms with Crippen molar-refractivity contribution in [2.45, 2.75) is 245 Å². The third kappa shape index (κ3) is 40.9. The molecule has 53 heavy (non-hydrogen) atoms. The van der Waals surface area contributed by atoms with E-state index in [9.17, 15) is 14.4 Å². The summed E-state index contributed by atoms with van der Waals surface area (Å²) in [7, 11) is 0. The highest BCUT2D eigenvalue weighted by molar-refractivity contribution is 5.71. The lowest BCUT2D eigenvalue weighted by Gasteiger charge is -2.18. The van der Waals surface area contributed by atoms with E-state index in [1.54, 1.807) is 0 Å². The molecule has 0 saturated heterocycles. The molecule has 0 amide bonds. The minimum absolute atomic E-state index is 0.0767. The second-order valence-corrected chi connectivity index (χ2v) is 15.3. The minimum atomic E-state index is -0.774. The first kappa shape index (κ1) is 50.9. The van der Waals surface area contributed by atoms with E-state index in [2.05, 4.69) is 45.1 Å². The average Bonchev–Trinajstić information content (AvgIpc) is 3.15. The zero-order chi connectivity index (χ0) is 38.7. The van der Waals surface area contributed by atoms with Crippen molar-refractivity contribution in [3.8, 4) is 0 Å². The van der Waals surface area contributed by atoms with Crippen LogP contribution in [0.15, 0.2) is 24.3 Å². The quantitative estimate of drug-likeness (QED) is 0.0268. The molecule has 0 fully saturated rings. The largest absolute Gasteiger partial charge is 0.462 e. The Morgan fingerprint density at radius 2 is 0.642 bits per heavy atom. The number of unbranched alkanes of at least 4 members (excludes halogenated alkanes) is 26. The average molecular weight is 747 g/mol. The molecule has 0 saturated carbocycles. The lowest BCUT2D eigenvalue weighted by molar-refractivity contribution is -0.167. The summed E-state index contributed by atoms with van der Waals surface area (Å²) in [5, 5.41) is 0. The van der Waals surface area contributed by atoms with Crippen LogP contribution in [0.3, 0.4) is 0 Å². The molecule has 0 radical (unpaired) electrons. The van der Waals surface area contributed by atoms with E-state index in [1.807, 2.05) is 0 Å². The van der Waals surface area contributed by atoms with Crippen LogP contribution in [-0.4, -0.2) is 37.2 Å². The molecular weight excluding hydrogens is 661 g/mol. The van der Waals surface area contributed by atoms with Gasteiger partial charge in [-0.3, -0.25) is 14.4 Å². The number of esters is 3. The van der Waals surface area contributed by atoms with Crippen LogP contribution in [0.4, 0.5) is 0 Å². The van der Waals surface area contributed by atoms with Gasteiger partial charge in [-0.2, -0.15) is 0 Å². The molecule has 6 heteroatoms. The summed E-state index contributed by atoms with van der Waals surface area (Å²) in [5.74, 6) is -0.901. The lowest BCUT2D eigenvalue weighted by atomic mass is 10.0. The highest BCUT2D eigenvalue weighted by Gasteiger charge is 2.19. The van der Waals surface area contributed by atoms with Crippen molar-refractivity contribution in [2.24, 2.45) is 0 Å². The summed E-state index contributed by atoms with van der Waals surface area (Å²) in [6, 6.07) is 0. The van der Waals surface area contributed by atoms with Crippen molar-refractivity contribution in [2.75, 3.05) is 13.2 Å². The third-order valence-corrected chi connectivity index (χ3v) is 9.93. The minimum Gasteiger partial charge on any atom is -0.462 e. The van der Waals surface area contributed by atoms with E-state index in [0.29, 0.717) is 19.3 Å². The van der Waals surface area contributed by atoms with Crippen molar-refractivity contribution < 1.29 is 28.6 Å². The van der Waals surface area contributed by atoms with Gasteiger partial charge in [0.25, 0.3) is 0 Å². The Hall–Kier alpha value is -2.11. The molecule has 0 bridgehead atoms. The summed E-state index contributed by atoms with van der Waals surface area (Å²) in [5.41, 5.74) is 0. The highest BCUT2D eigenvalue weighted by Crippen LogP contribution is 2.15. The Labute approximate surface area is 328 Å². The number of carbonyl (C=O) groups is 3. The van der Waals surface area contributed by atoms with Gasteiger partial charge in [0, 0.05) is 19.3 Å². The first-order chi connectivity index (χ1) is 26.0. The van der Waals surface area contributed by atoms with Gasteiger partial charge in [0.2, 0.25) is 0 Å². The van der Waals surface area contributed by atoms with Crippen LogP contribution in [-0.2, 0) is 28.6 Å². The molecule has 0 heterocycles. The first-order valence-electron chi connectivity index (χ1n) is 22.8. The van der Waals surface area contributed by atoms with E-state index in [-0.39, 0.29) is 31.1 Å². The molecule has 0 N–H and O–H groups in total. The van der Waals surface area contributed by atoms with Crippen molar-refractivity contribution in [3.63, 3.8) is 0 Å². The number of carbonyl (C=O) groups excluding carboxylic acids is 3. The number of rotatable bonds is 41. The van der Waals surface area contributed by atoms with Gasteiger partial charge in [0.15, 0.2) is 6.10 Å². The maximum atomic E-state index is 12.7. The molecular formula is C47H86O6. The molecule has 0 aromatic rings. The van der Waals surface area contributed by atoms with Crippen molar-refractivity contribution >= 4 is 17.9 Å². The smallest absolute Gasteiger partial charge is 0.306 e. The topological polar surface area (TPSA) is 78.9 Å². The Kier molecular flexibility index (Phi) is 40.9. The Balaban J connectivity index is 4.32. The molecule has 310 valence electrons. The Morgan fingerprint density at radius 1 is 0.358 bits per heavy atom. The number of hydrogen-bond donors (Lipinski definition) is 0. The van der Waals surface area contributed by atoms with Gasteiger partial charge >= 0.3 is 17.9 Å². The number of hydrogen-bond acceptors (Lipinski definition) is 6. The molecule has 0 rings (SSSR count). The van der Waals surface area contributed by atoms with Gasteiger partial charge in [0.05, 0.1) is 0 Å². The number of allylic oxidation sites excluding steroid dienone is 4. The van der Waals surface area contributed by atoms with Gasteiger partial charge in [-0.25, -0.2) is 0 Å². The predicted octanol–water partition coefficient (Wildman–Crippen LogP) is 14.4. The van der Waals surface area contributed by atoms with Crippen molar-refractivity contribution in [1.82, 2.24) is 0 Å². The maximum absolute atomic E-state index is 12.7. The SMILES string of the molecule is CCCC/C=C\CCCCCCC(=O)OCC(COC(=O)CCCCCCCCCCCCCCCCC)OC(=O)CCCCCC/C=C\CCCC. The Morgan fingerprint density at radius 3 is 1.00 bits per heavy atom. The Bertz CT molecular complexity index is 865. The van der Waals surface area contributed by atoms with Gasteiger partial charge < -0.3 is 14.2 Å². The fourth-order valence-corrected chi connectivity index (χ4v) is 6.40. The van der Waals surface area contributed by atoms with E-state index < -0.39 is 6.10 Å². The second-order valence-electron chi connectivity index (χ2n) is 15.3. The summed E-state index contributed by atoms with van der Waals surface area (Å²) in [4.78, 5) is 37.6. The van der Waals surface area contributed by atoms with Crippen LogP contribution in [0.1, 0.15) is 239 Å². The molecule has 1 unspecified atom stereocenters.